The Bertz CT molecular complexity index is 626. The zero-order valence-corrected chi connectivity index (χ0v) is 11.2. The van der Waals surface area contributed by atoms with Crippen molar-refractivity contribution in [2.75, 3.05) is 0 Å². The van der Waals surface area contributed by atoms with Gasteiger partial charge in [0.15, 0.2) is 0 Å². The summed E-state index contributed by atoms with van der Waals surface area (Å²) < 4.78 is 1.95. The fraction of sp³-hybridized carbons (Fsp3) is 0.333. The highest BCUT2D eigenvalue weighted by Crippen LogP contribution is 2.35. The second-order valence-electron chi connectivity index (χ2n) is 5.82. The Morgan fingerprint density at radius 1 is 1.21 bits per heavy atom. The molecule has 4 heteroatoms. The predicted octanol–water partition coefficient (Wildman–Crippen LogP) is 3.02. The number of aromatic nitrogens is 2. The van der Waals surface area contributed by atoms with E-state index >= 15 is 0 Å². The molecule has 0 fully saturated rings. The molecule has 0 amide bonds. The fourth-order valence-electron chi connectivity index (χ4n) is 2.73. The van der Waals surface area contributed by atoms with Crippen molar-refractivity contribution in [1.82, 2.24) is 9.78 Å². The van der Waals surface area contributed by atoms with Crippen LogP contribution in [0, 0.1) is 5.41 Å². The van der Waals surface area contributed by atoms with Gasteiger partial charge in [0.2, 0.25) is 0 Å². The van der Waals surface area contributed by atoms with E-state index < -0.39 is 0 Å². The van der Waals surface area contributed by atoms with Crippen LogP contribution in [0.25, 0.3) is 5.69 Å². The molecular formula is C15H17N3O. The highest BCUT2D eigenvalue weighted by atomic mass is 16.4. The molecule has 98 valence electrons. The molecule has 1 N–H and O–H groups in total. The number of fused-ring (bicyclic) bond motifs is 1. The second kappa shape index (κ2) is 4.23. The third kappa shape index (κ3) is 2.03. The molecule has 19 heavy (non-hydrogen) atoms. The Labute approximate surface area is 112 Å². The molecule has 0 bridgehead atoms. The van der Waals surface area contributed by atoms with E-state index in [4.69, 9.17) is 0 Å². The van der Waals surface area contributed by atoms with Crippen LogP contribution in [0.5, 0.6) is 0 Å². The smallest absolute Gasteiger partial charge is 0.0907 e. The molecule has 1 heterocycles. The predicted molar refractivity (Wildman–Crippen MR) is 74.0 cm³/mol. The molecule has 0 saturated heterocycles. The molecule has 0 saturated carbocycles. The lowest BCUT2D eigenvalue weighted by Gasteiger charge is -2.30. The van der Waals surface area contributed by atoms with E-state index in [1.54, 1.807) is 6.20 Å². The monoisotopic (exact) mass is 255 g/mol. The lowest BCUT2D eigenvalue weighted by atomic mass is 9.76. The molecule has 0 unspecified atom stereocenters. The van der Waals surface area contributed by atoms with Gasteiger partial charge in [-0.25, -0.2) is 4.68 Å². The van der Waals surface area contributed by atoms with Crippen molar-refractivity contribution in [3.8, 4) is 5.69 Å². The molecule has 3 rings (SSSR count). The van der Waals surface area contributed by atoms with Gasteiger partial charge in [-0.05, 0) is 30.4 Å². The first-order chi connectivity index (χ1) is 9.11. The minimum absolute atomic E-state index is 0.0845. The van der Waals surface area contributed by atoms with Gasteiger partial charge in [-0.1, -0.05) is 37.2 Å². The number of hydrogen-bond acceptors (Lipinski definition) is 3. The summed E-state index contributed by atoms with van der Waals surface area (Å²) in [5.41, 5.74) is 3.94. The van der Waals surface area contributed by atoms with E-state index in [2.05, 4.69) is 24.1 Å². The van der Waals surface area contributed by atoms with Crippen LogP contribution in [0.15, 0.2) is 41.7 Å². The van der Waals surface area contributed by atoms with Crippen molar-refractivity contribution < 1.29 is 5.21 Å². The summed E-state index contributed by atoms with van der Waals surface area (Å²) in [7, 11) is 0. The van der Waals surface area contributed by atoms with Crippen molar-refractivity contribution in [3.63, 3.8) is 0 Å². The Morgan fingerprint density at radius 2 is 1.95 bits per heavy atom. The molecule has 0 spiro atoms. The lowest BCUT2D eigenvalue weighted by molar-refractivity contribution is 0.305. The van der Waals surface area contributed by atoms with Gasteiger partial charge in [-0.2, -0.15) is 5.10 Å². The summed E-state index contributed by atoms with van der Waals surface area (Å²) in [5.74, 6) is 0. The summed E-state index contributed by atoms with van der Waals surface area (Å²) >= 11 is 0. The van der Waals surface area contributed by atoms with Crippen molar-refractivity contribution in [3.05, 3.63) is 47.8 Å². The molecule has 1 aromatic heterocycles. The zero-order valence-electron chi connectivity index (χ0n) is 11.2. The summed E-state index contributed by atoms with van der Waals surface area (Å²) in [6, 6.07) is 10.1. The standard InChI is InChI=1S/C15H17N3O/c1-15(2)8-13(17-19)12-10-16-18(14(12)9-15)11-6-4-3-5-7-11/h3-7,10,19H,8-9H2,1-2H3. The number of benzene rings is 1. The SMILES string of the molecule is CC1(C)CC(=NO)c2cnn(-c3ccccc3)c2C1. The molecule has 4 nitrogen and oxygen atoms in total. The molecule has 2 aromatic rings. The minimum Gasteiger partial charge on any atom is -0.411 e. The summed E-state index contributed by atoms with van der Waals surface area (Å²) in [6.45, 7) is 4.37. The van der Waals surface area contributed by atoms with Crippen LogP contribution in [0.3, 0.4) is 0 Å². The van der Waals surface area contributed by atoms with Gasteiger partial charge in [0, 0.05) is 5.56 Å². The normalized spacial score (nSPS) is 19.4. The van der Waals surface area contributed by atoms with E-state index in [0.29, 0.717) is 0 Å². The fourth-order valence-corrected chi connectivity index (χ4v) is 2.73. The molecule has 0 radical (unpaired) electrons. The average Bonchev–Trinajstić information content (AvgIpc) is 2.81. The van der Waals surface area contributed by atoms with Crippen LogP contribution in [0.4, 0.5) is 0 Å². The van der Waals surface area contributed by atoms with Crippen molar-refractivity contribution in [2.24, 2.45) is 10.6 Å². The molecule has 1 aliphatic rings. The number of hydrogen-bond donors (Lipinski definition) is 1. The van der Waals surface area contributed by atoms with Crippen molar-refractivity contribution in [1.29, 1.82) is 0 Å². The van der Waals surface area contributed by atoms with E-state index in [1.165, 1.54) is 0 Å². The molecule has 1 aromatic carbocycles. The number of para-hydroxylation sites is 1. The van der Waals surface area contributed by atoms with Crippen LogP contribution in [0.1, 0.15) is 31.5 Å². The average molecular weight is 255 g/mol. The van der Waals surface area contributed by atoms with E-state index in [0.717, 1.165) is 35.5 Å². The summed E-state index contributed by atoms with van der Waals surface area (Å²) in [6.07, 6.45) is 3.50. The van der Waals surface area contributed by atoms with Gasteiger partial charge >= 0.3 is 0 Å². The molecular weight excluding hydrogens is 238 g/mol. The van der Waals surface area contributed by atoms with Crippen LogP contribution < -0.4 is 0 Å². The van der Waals surface area contributed by atoms with E-state index in [9.17, 15) is 5.21 Å². The van der Waals surface area contributed by atoms with Gasteiger partial charge in [0.1, 0.15) is 0 Å². The van der Waals surface area contributed by atoms with E-state index in [-0.39, 0.29) is 5.41 Å². The first kappa shape index (κ1) is 12.0. The van der Waals surface area contributed by atoms with E-state index in [1.807, 2.05) is 35.0 Å². The van der Waals surface area contributed by atoms with Crippen LogP contribution in [0.2, 0.25) is 0 Å². The topological polar surface area (TPSA) is 50.4 Å². The Hall–Kier alpha value is -2.10. The maximum absolute atomic E-state index is 9.20. The highest BCUT2D eigenvalue weighted by molar-refractivity contribution is 6.02. The first-order valence-corrected chi connectivity index (χ1v) is 6.44. The van der Waals surface area contributed by atoms with Crippen molar-refractivity contribution >= 4 is 5.71 Å². The maximum Gasteiger partial charge on any atom is 0.0907 e. The van der Waals surface area contributed by atoms with Gasteiger partial charge in [0.25, 0.3) is 0 Å². The Kier molecular flexibility index (Phi) is 2.66. The number of rotatable bonds is 1. The zero-order chi connectivity index (χ0) is 13.5. The van der Waals surface area contributed by atoms with Crippen molar-refractivity contribution in [2.45, 2.75) is 26.7 Å². The first-order valence-electron chi connectivity index (χ1n) is 6.44. The van der Waals surface area contributed by atoms with Crippen LogP contribution >= 0.6 is 0 Å². The van der Waals surface area contributed by atoms with Crippen LogP contribution in [-0.2, 0) is 6.42 Å². The summed E-state index contributed by atoms with van der Waals surface area (Å²) in [5, 5.41) is 17.1. The quantitative estimate of drug-likeness (QED) is 0.629. The second-order valence-corrected chi connectivity index (χ2v) is 5.82. The third-order valence-corrected chi connectivity index (χ3v) is 3.59. The van der Waals surface area contributed by atoms with Gasteiger partial charge in [-0.15, -0.1) is 0 Å². The Balaban J connectivity index is 2.15. The minimum atomic E-state index is 0.0845. The third-order valence-electron chi connectivity index (χ3n) is 3.59. The summed E-state index contributed by atoms with van der Waals surface area (Å²) in [4.78, 5) is 0. The number of nitrogens with zero attached hydrogens (tertiary/aromatic N) is 3. The molecule has 0 atom stereocenters. The Morgan fingerprint density at radius 3 is 2.63 bits per heavy atom. The molecule has 1 aliphatic carbocycles. The van der Waals surface area contributed by atoms with Gasteiger partial charge in [-0.3, -0.25) is 0 Å². The van der Waals surface area contributed by atoms with Gasteiger partial charge < -0.3 is 5.21 Å². The molecule has 0 aliphatic heterocycles. The van der Waals surface area contributed by atoms with Gasteiger partial charge in [0.05, 0.1) is 23.3 Å². The largest absolute Gasteiger partial charge is 0.411 e. The van der Waals surface area contributed by atoms with Crippen LogP contribution in [-0.4, -0.2) is 20.7 Å². The lowest BCUT2D eigenvalue weighted by Crippen LogP contribution is -2.28. The highest BCUT2D eigenvalue weighted by Gasteiger charge is 2.33. The number of oxime groups is 1. The maximum atomic E-state index is 9.20.